The third-order valence-corrected chi connectivity index (χ3v) is 3.40. The Morgan fingerprint density at radius 1 is 1.25 bits per heavy atom. The summed E-state index contributed by atoms with van der Waals surface area (Å²) in [4.78, 5) is 0. The second-order valence-electron chi connectivity index (χ2n) is 3.56. The molecule has 0 saturated carbocycles. The van der Waals surface area contributed by atoms with Crippen LogP contribution in [0.1, 0.15) is 18.9 Å². The Kier molecular flexibility index (Phi) is 3.28. The molecule has 0 spiro atoms. The van der Waals surface area contributed by atoms with Crippen molar-refractivity contribution < 1.29 is 18.3 Å². The lowest BCUT2D eigenvalue weighted by Gasteiger charge is -2.26. The molecule has 0 unspecified atom stereocenters. The lowest BCUT2D eigenvalue weighted by atomic mass is 10.0. The molecule has 1 fully saturated rings. The molecular weight excluding hydrogens is 282 g/mol. The van der Waals surface area contributed by atoms with Gasteiger partial charge in [-0.2, -0.15) is 0 Å². The minimum absolute atomic E-state index is 0.166. The van der Waals surface area contributed by atoms with E-state index in [0.717, 1.165) is 0 Å². The van der Waals surface area contributed by atoms with Crippen LogP contribution in [0.5, 0.6) is 0 Å². The number of benzene rings is 1. The topological polar surface area (TPSA) is 18.5 Å². The second kappa shape index (κ2) is 4.39. The molecule has 0 radical (unpaired) electrons. The van der Waals surface area contributed by atoms with Crippen LogP contribution < -0.4 is 0 Å². The van der Waals surface area contributed by atoms with Gasteiger partial charge in [0.2, 0.25) is 0 Å². The molecule has 0 bridgehead atoms. The molecule has 1 aromatic rings. The number of ether oxygens (including phenoxy) is 2. The molecule has 0 N–H and O–H groups in total. The van der Waals surface area contributed by atoms with Gasteiger partial charge in [0.1, 0.15) is 11.6 Å². The lowest BCUT2D eigenvalue weighted by molar-refractivity contribution is -0.167. The normalized spacial score (nSPS) is 19.0. The summed E-state index contributed by atoms with van der Waals surface area (Å²) < 4.78 is 37.5. The van der Waals surface area contributed by atoms with Gasteiger partial charge in [-0.15, -0.1) is 0 Å². The maximum atomic E-state index is 13.4. The minimum atomic E-state index is -0.998. The maximum absolute atomic E-state index is 13.4. The molecule has 1 saturated heterocycles. The number of hydrogen-bond donors (Lipinski definition) is 0. The number of rotatable bonds is 2. The van der Waals surface area contributed by atoms with Crippen molar-refractivity contribution in [1.82, 2.24) is 0 Å². The maximum Gasteiger partial charge on any atom is 0.194 e. The zero-order valence-electron chi connectivity index (χ0n) is 8.73. The Balaban J connectivity index is 2.47. The number of halogens is 3. The minimum Gasteiger partial charge on any atom is -0.343 e. The summed E-state index contributed by atoms with van der Waals surface area (Å²) in [6.45, 7) is 2.73. The molecule has 1 aliphatic heterocycles. The molecule has 0 atom stereocenters. The first kappa shape index (κ1) is 12.0. The summed E-state index contributed by atoms with van der Waals surface area (Å²) in [5, 5.41) is 0. The van der Waals surface area contributed by atoms with Crippen molar-refractivity contribution in [3.63, 3.8) is 0 Å². The van der Waals surface area contributed by atoms with Crippen molar-refractivity contribution in [3.8, 4) is 0 Å². The van der Waals surface area contributed by atoms with Crippen molar-refractivity contribution in [1.29, 1.82) is 0 Å². The van der Waals surface area contributed by atoms with Crippen LogP contribution in [-0.4, -0.2) is 13.2 Å². The van der Waals surface area contributed by atoms with E-state index in [2.05, 4.69) is 15.9 Å². The third kappa shape index (κ3) is 1.87. The molecule has 0 amide bonds. The third-order valence-electron chi connectivity index (χ3n) is 2.64. The van der Waals surface area contributed by atoms with Gasteiger partial charge in [0, 0.05) is 12.0 Å². The van der Waals surface area contributed by atoms with Crippen LogP contribution in [0.25, 0.3) is 0 Å². The van der Waals surface area contributed by atoms with Gasteiger partial charge in [0.15, 0.2) is 5.79 Å². The Bertz CT molecular complexity index is 380. The van der Waals surface area contributed by atoms with Crippen LogP contribution in [0.2, 0.25) is 0 Å². The molecular formula is C11H11BrF2O2. The Morgan fingerprint density at radius 2 is 1.75 bits per heavy atom. The van der Waals surface area contributed by atoms with E-state index in [1.54, 1.807) is 0 Å². The van der Waals surface area contributed by atoms with E-state index < -0.39 is 17.4 Å². The quantitative estimate of drug-likeness (QED) is 0.779. The molecule has 0 aromatic heterocycles. The zero-order chi connectivity index (χ0) is 11.8. The molecule has 5 heteroatoms. The summed E-state index contributed by atoms with van der Waals surface area (Å²) in [5.74, 6) is -2.30. The highest BCUT2D eigenvalue weighted by Gasteiger charge is 2.37. The second-order valence-corrected chi connectivity index (χ2v) is 4.35. The lowest BCUT2D eigenvalue weighted by Crippen LogP contribution is -2.26. The fourth-order valence-corrected chi connectivity index (χ4v) is 2.03. The van der Waals surface area contributed by atoms with E-state index in [9.17, 15) is 8.78 Å². The molecule has 1 aromatic carbocycles. The summed E-state index contributed by atoms with van der Waals surface area (Å²) in [5.41, 5.74) is 0.380. The van der Waals surface area contributed by atoms with E-state index >= 15 is 0 Å². The van der Waals surface area contributed by atoms with Crippen molar-refractivity contribution in [3.05, 3.63) is 33.8 Å². The molecule has 2 rings (SSSR count). The van der Waals surface area contributed by atoms with Crippen LogP contribution in [0.4, 0.5) is 8.78 Å². The van der Waals surface area contributed by atoms with Crippen molar-refractivity contribution in [2.24, 2.45) is 0 Å². The molecule has 1 aliphatic rings. The molecule has 88 valence electrons. The average Bonchev–Trinajstić information content (AvgIpc) is 2.75. The summed E-state index contributed by atoms with van der Waals surface area (Å²) >= 11 is 2.83. The van der Waals surface area contributed by atoms with E-state index in [1.165, 1.54) is 12.1 Å². The van der Waals surface area contributed by atoms with Gasteiger partial charge in [0.05, 0.1) is 17.7 Å². The van der Waals surface area contributed by atoms with Crippen LogP contribution in [0.3, 0.4) is 0 Å². The first-order chi connectivity index (χ1) is 7.59. The van der Waals surface area contributed by atoms with Crippen molar-refractivity contribution >= 4 is 15.9 Å². The predicted molar refractivity (Wildman–Crippen MR) is 57.9 cm³/mol. The van der Waals surface area contributed by atoms with E-state index in [-0.39, 0.29) is 4.47 Å². The van der Waals surface area contributed by atoms with Gasteiger partial charge >= 0.3 is 0 Å². The van der Waals surface area contributed by atoms with E-state index in [4.69, 9.17) is 9.47 Å². The standard InChI is InChI=1S/C11H11BrF2O2/c1-2-11(15-3-4-16-11)7-5-8(13)10(12)9(14)6-7/h5-6H,2-4H2,1H3. The van der Waals surface area contributed by atoms with Gasteiger partial charge < -0.3 is 9.47 Å². The van der Waals surface area contributed by atoms with Gasteiger partial charge in [-0.05, 0) is 28.1 Å². The fourth-order valence-electron chi connectivity index (χ4n) is 1.81. The smallest absolute Gasteiger partial charge is 0.194 e. The highest BCUT2D eigenvalue weighted by atomic mass is 79.9. The summed E-state index contributed by atoms with van der Waals surface area (Å²) in [6, 6.07) is 2.48. The van der Waals surface area contributed by atoms with Crippen LogP contribution in [0.15, 0.2) is 16.6 Å². The molecule has 0 aliphatic carbocycles. The Morgan fingerprint density at radius 3 is 2.19 bits per heavy atom. The highest BCUT2D eigenvalue weighted by Crippen LogP contribution is 2.36. The highest BCUT2D eigenvalue weighted by molar-refractivity contribution is 9.10. The van der Waals surface area contributed by atoms with Gasteiger partial charge in [-0.25, -0.2) is 8.78 Å². The van der Waals surface area contributed by atoms with Crippen molar-refractivity contribution in [2.75, 3.05) is 13.2 Å². The fraction of sp³-hybridized carbons (Fsp3) is 0.455. The summed E-state index contributed by atoms with van der Waals surface area (Å²) in [6.07, 6.45) is 0.507. The average molecular weight is 293 g/mol. The van der Waals surface area contributed by atoms with Crippen LogP contribution in [-0.2, 0) is 15.3 Å². The predicted octanol–water partition coefficient (Wildman–Crippen LogP) is 3.34. The SMILES string of the molecule is CCC1(c2cc(F)c(Br)c(F)c2)OCCO1. The largest absolute Gasteiger partial charge is 0.343 e. The Hall–Kier alpha value is -0.520. The zero-order valence-corrected chi connectivity index (χ0v) is 10.3. The first-order valence-corrected chi connectivity index (χ1v) is 5.81. The molecule has 2 nitrogen and oxygen atoms in total. The van der Waals surface area contributed by atoms with Crippen molar-refractivity contribution in [2.45, 2.75) is 19.1 Å². The van der Waals surface area contributed by atoms with Gasteiger partial charge in [0.25, 0.3) is 0 Å². The van der Waals surface area contributed by atoms with E-state index in [1.807, 2.05) is 6.92 Å². The number of hydrogen-bond acceptors (Lipinski definition) is 2. The van der Waals surface area contributed by atoms with Gasteiger partial charge in [-0.1, -0.05) is 6.92 Å². The summed E-state index contributed by atoms with van der Waals surface area (Å²) in [7, 11) is 0. The monoisotopic (exact) mass is 292 g/mol. The molecule has 16 heavy (non-hydrogen) atoms. The van der Waals surface area contributed by atoms with Gasteiger partial charge in [-0.3, -0.25) is 0 Å². The Labute approximate surface area is 101 Å². The van der Waals surface area contributed by atoms with Crippen LogP contribution >= 0.6 is 15.9 Å². The molecule has 1 heterocycles. The van der Waals surface area contributed by atoms with Crippen LogP contribution in [0, 0.1) is 11.6 Å². The first-order valence-electron chi connectivity index (χ1n) is 5.02. The van der Waals surface area contributed by atoms with E-state index in [0.29, 0.717) is 25.2 Å².